The van der Waals surface area contributed by atoms with Crippen molar-refractivity contribution in [2.24, 2.45) is 0 Å². The Kier molecular flexibility index (Phi) is 5.85. The average Bonchev–Trinajstić information content (AvgIpc) is 2.92. The van der Waals surface area contributed by atoms with E-state index in [0.717, 1.165) is 25.7 Å². The minimum absolute atomic E-state index is 0.0678. The highest BCUT2D eigenvalue weighted by Gasteiger charge is 2.24. The fourth-order valence-corrected chi connectivity index (χ4v) is 4.15. The van der Waals surface area contributed by atoms with E-state index in [4.69, 9.17) is 4.74 Å². The van der Waals surface area contributed by atoms with Crippen molar-refractivity contribution in [3.05, 3.63) is 55.8 Å². The molecule has 0 unspecified atom stereocenters. The zero-order valence-corrected chi connectivity index (χ0v) is 15.7. The molecule has 0 saturated heterocycles. The number of fused-ring (bicyclic) bond motifs is 1. The van der Waals surface area contributed by atoms with Crippen molar-refractivity contribution in [2.45, 2.75) is 45.1 Å². The van der Waals surface area contributed by atoms with Crippen LogP contribution < -0.4 is 5.32 Å². The number of hydrogen-bond donors (Lipinski definition) is 1. The largest absolute Gasteiger partial charge is 0.448 e. The molecule has 1 aliphatic carbocycles. The van der Waals surface area contributed by atoms with E-state index in [1.807, 2.05) is 6.07 Å². The summed E-state index contributed by atoms with van der Waals surface area (Å²) in [5.41, 5.74) is 1.05. The molecule has 0 spiro atoms. The highest BCUT2D eigenvalue weighted by Crippen LogP contribution is 2.29. The molecule has 1 aromatic heterocycles. The highest BCUT2D eigenvalue weighted by atomic mass is 32.1. The number of hydrogen-bond acceptors (Lipinski definition) is 6. The number of nitrogens with one attached hydrogen (secondary N) is 1. The number of benzene rings is 1. The Morgan fingerprint density at radius 2 is 1.96 bits per heavy atom. The van der Waals surface area contributed by atoms with Gasteiger partial charge in [-0.05, 0) is 50.3 Å². The van der Waals surface area contributed by atoms with Gasteiger partial charge < -0.3 is 10.1 Å². The number of ether oxygens (including phenoxy) is 1. The van der Waals surface area contributed by atoms with Crippen LogP contribution in [0.4, 0.5) is 11.4 Å². The second-order valence-electron chi connectivity index (χ2n) is 6.43. The first-order valence-corrected chi connectivity index (χ1v) is 9.64. The number of carbonyl (C=O) groups is 2. The van der Waals surface area contributed by atoms with Gasteiger partial charge >= 0.3 is 5.97 Å². The third-order valence-electron chi connectivity index (χ3n) is 4.46. The predicted molar refractivity (Wildman–Crippen MR) is 102 cm³/mol. The lowest BCUT2D eigenvalue weighted by Gasteiger charge is -2.13. The number of aryl methyl sites for hydroxylation is 2. The summed E-state index contributed by atoms with van der Waals surface area (Å²) in [7, 11) is 0. The number of rotatable bonds is 5. The van der Waals surface area contributed by atoms with Crippen LogP contribution in [0.3, 0.4) is 0 Å². The molecule has 1 aromatic carbocycles. The van der Waals surface area contributed by atoms with Crippen LogP contribution in [-0.4, -0.2) is 22.9 Å². The van der Waals surface area contributed by atoms with Crippen molar-refractivity contribution in [3.8, 4) is 0 Å². The minimum atomic E-state index is -1.07. The summed E-state index contributed by atoms with van der Waals surface area (Å²) in [5, 5.41) is 13.5. The fraction of sp³-hybridized carbons (Fsp3) is 0.368. The molecular formula is C19H20N2O5S. The zero-order valence-electron chi connectivity index (χ0n) is 14.9. The molecule has 0 radical (unpaired) electrons. The van der Waals surface area contributed by atoms with E-state index in [2.05, 4.69) is 5.32 Å². The number of thiophene rings is 1. The smallest absolute Gasteiger partial charge is 0.349 e. The molecule has 1 heterocycles. The van der Waals surface area contributed by atoms with Gasteiger partial charge in [0.25, 0.3) is 11.6 Å². The molecule has 1 amide bonds. The quantitative estimate of drug-likeness (QED) is 0.360. The summed E-state index contributed by atoms with van der Waals surface area (Å²) in [4.78, 5) is 36.8. The lowest BCUT2D eigenvalue weighted by Crippen LogP contribution is -2.30. The van der Waals surface area contributed by atoms with E-state index in [-0.39, 0.29) is 11.4 Å². The van der Waals surface area contributed by atoms with Gasteiger partial charge in [0.05, 0.1) is 4.92 Å². The van der Waals surface area contributed by atoms with Crippen LogP contribution in [0.2, 0.25) is 0 Å². The van der Waals surface area contributed by atoms with Crippen LogP contribution in [-0.2, 0) is 22.4 Å². The number of nitrogens with zero attached hydrogens (tertiary/aromatic N) is 1. The molecule has 27 heavy (non-hydrogen) atoms. The van der Waals surface area contributed by atoms with Crippen molar-refractivity contribution >= 4 is 34.6 Å². The predicted octanol–water partition coefficient (Wildman–Crippen LogP) is 4.11. The summed E-state index contributed by atoms with van der Waals surface area (Å²) in [6.07, 6.45) is 4.31. The maximum atomic E-state index is 12.4. The standard InChI is InChI=1S/C19H20N2O5S/c1-12(18(22)20-14-8-5-6-9-15(14)21(24)25)26-19(23)17-11-13-7-3-2-4-10-16(13)27-17/h5-6,8-9,11-12H,2-4,7,10H2,1H3,(H,20,22)/t12-/m1/s1. The van der Waals surface area contributed by atoms with Gasteiger partial charge in [-0.25, -0.2) is 4.79 Å². The Bertz CT molecular complexity index is 853. The molecule has 3 rings (SSSR count). The van der Waals surface area contributed by atoms with Gasteiger partial charge in [0.15, 0.2) is 6.10 Å². The topological polar surface area (TPSA) is 98.5 Å². The third kappa shape index (κ3) is 4.51. The Morgan fingerprint density at radius 3 is 2.74 bits per heavy atom. The first-order valence-electron chi connectivity index (χ1n) is 8.82. The fourth-order valence-electron chi connectivity index (χ4n) is 3.01. The van der Waals surface area contributed by atoms with Crippen LogP contribution in [0.1, 0.15) is 46.3 Å². The number of carbonyl (C=O) groups excluding carboxylic acids is 2. The van der Waals surface area contributed by atoms with E-state index < -0.39 is 22.9 Å². The van der Waals surface area contributed by atoms with E-state index in [0.29, 0.717) is 4.88 Å². The highest BCUT2D eigenvalue weighted by molar-refractivity contribution is 7.14. The van der Waals surface area contributed by atoms with Crippen molar-refractivity contribution in [2.75, 3.05) is 5.32 Å². The average molecular weight is 388 g/mol. The maximum absolute atomic E-state index is 12.4. The second kappa shape index (κ2) is 8.30. The first-order chi connectivity index (χ1) is 13.0. The third-order valence-corrected chi connectivity index (χ3v) is 5.68. The molecule has 142 valence electrons. The van der Waals surface area contributed by atoms with Crippen LogP contribution in [0.25, 0.3) is 0 Å². The molecule has 0 aliphatic heterocycles. The van der Waals surface area contributed by atoms with Crippen LogP contribution in [0, 0.1) is 10.1 Å². The van der Waals surface area contributed by atoms with Gasteiger partial charge in [0.2, 0.25) is 0 Å². The van der Waals surface area contributed by atoms with Crippen molar-refractivity contribution in [1.82, 2.24) is 0 Å². The van der Waals surface area contributed by atoms with Gasteiger partial charge in [0, 0.05) is 10.9 Å². The van der Waals surface area contributed by atoms with Gasteiger partial charge in [-0.15, -0.1) is 11.3 Å². The Balaban J connectivity index is 1.65. The van der Waals surface area contributed by atoms with E-state index in [1.54, 1.807) is 6.07 Å². The zero-order chi connectivity index (χ0) is 19.4. The van der Waals surface area contributed by atoms with Crippen LogP contribution in [0.5, 0.6) is 0 Å². The minimum Gasteiger partial charge on any atom is -0.448 e. The number of nitro groups is 1. The number of amides is 1. The van der Waals surface area contributed by atoms with Crippen molar-refractivity contribution in [1.29, 1.82) is 0 Å². The molecule has 1 atom stereocenters. The second-order valence-corrected chi connectivity index (χ2v) is 7.57. The van der Waals surface area contributed by atoms with Gasteiger partial charge in [0.1, 0.15) is 10.6 Å². The number of anilines is 1. The number of para-hydroxylation sites is 2. The molecule has 0 saturated carbocycles. The lowest BCUT2D eigenvalue weighted by molar-refractivity contribution is -0.383. The van der Waals surface area contributed by atoms with Crippen LogP contribution >= 0.6 is 11.3 Å². The van der Waals surface area contributed by atoms with E-state index >= 15 is 0 Å². The number of esters is 1. The van der Waals surface area contributed by atoms with Crippen molar-refractivity contribution in [3.63, 3.8) is 0 Å². The van der Waals surface area contributed by atoms with Gasteiger partial charge in [-0.2, -0.15) is 0 Å². The summed E-state index contributed by atoms with van der Waals surface area (Å²) in [6.45, 7) is 1.45. The van der Waals surface area contributed by atoms with E-state index in [1.165, 1.54) is 53.3 Å². The lowest BCUT2D eigenvalue weighted by atomic mass is 10.1. The molecule has 2 aromatic rings. The molecule has 1 aliphatic rings. The molecule has 1 N–H and O–H groups in total. The summed E-state index contributed by atoms with van der Waals surface area (Å²) in [5.74, 6) is -1.16. The van der Waals surface area contributed by atoms with Crippen molar-refractivity contribution < 1.29 is 19.2 Å². The summed E-state index contributed by atoms with van der Waals surface area (Å²) < 4.78 is 5.27. The molecule has 8 heteroatoms. The van der Waals surface area contributed by atoms with Gasteiger partial charge in [-0.3, -0.25) is 14.9 Å². The summed E-state index contributed by atoms with van der Waals surface area (Å²) >= 11 is 1.43. The SMILES string of the molecule is C[C@@H](OC(=O)c1cc2c(s1)CCCCC2)C(=O)Nc1ccccc1[N+](=O)[O-]. The Morgan fingerprint density at radius 1 is 1.22 bits per heavy atom. The number of nitro benzene ring substituents is 1. The normalized spacial score (nSPS) is 14.6. The summed E-state index contributed by atoms with van der Waals surface area (Å²) in [6, 6.07) is 7.68. The molecule has 7 nitrogen and oxygen atoms in total. The first kappa shape index (κ1) is 19.0. The molecule has 0 fully saturated rings. The monoisotopic (exact) mass is 388 g/mol. The Labute approximate surface area is 160 Å². The Hall–Kier alpha value is -2.74. The molecule has 0 bridgehead atoms. The maximum Gasteiger partial charge on any atom is 0.349 e. The van der Waals surface area contributed by atoms with Crippen LogP contribution in [0.15, 0.2) is 30.3 Å². The van der Waals surface area contributed by atoms with E-state index in [9.17, 15) is 19.7 Å². The van der Waals surface area contributed by atoms with Gasteiger partial charge in [-0.1, -0.05) is 18.6 Å². The molecular weight excluding hydrogens is 368 g/mol.